The molecule has 0 unspecified atom stereocenters. The van der Waals surface area contributed by atoms with Crippen LogP contribution in [-0.2, 0) is 4.79 Å². The van der Waals surface area contributed by atoms with Crippen molar-refractivity contribution in [1.29, 1.82) is 0 Å². The number of aromatic nitrogens is 1. The molecule has 0 aliphatic rings. The predicted molar refractivity (Wildman–Crippen MR) is 64.4 cm³/mol. The van der Waals surface area contributed by atoms with Crippen LogP contribution in [0, 0.1) is 13.8 Å². The fraction of sp³-hybridized carbons (Fsp3) is 0.583. The van der Waals surface area contributed by atoms with E-state index in [9.17, 15) is 9.59 Å². The summed E-state index contributed by atoms with van der Waals surface area (Å²) < 4.78 is 4.92. The molecule has 0 aliphatic heterocycles. The molecule has 1 aromatic heterocycles. The zero-order valence-electron chi connectivity index (χ0n) is 11.0. The van der Waals surface area contributed by atoms with Crippen LogP contribution >= 0.6 is 0 Å². The van der Waals surface area contributed by atoms with Crippen molar-refractivity contribution in [2.45, 2.75) is 46.1 Å². The maximum absolute atomic E-state index is 12.0. The normalized spacial score (nSPS) is 11.3. The quantitative estimate of drug-likeness (QED) is 0.833. The number of hydrogen-bond donors (Lipinski definition) is 2. The van der Waals surface area contributed by atoms with Gasteiger partial charge in [0.2, 0.25) is 0 Å². The SMILES string of the molecule is Cc1noc(C)c1C(=O)NC(C)(C)CCC(=O)O. The molecular formula is C12H18N2O4. The molecule has 0 saturated heterocycles. The lowest BCUT2D eigenvalue weighted by molar-refractivity contribution is -0.137. The van der Waals surface area contributed by atoms with Crippen LogP contribution in [0.25, 0.3) is 0 Å². The summed E-state index contributed by atoms with van der Waals surface area (Å²) in [6, 6.07) is 0. The van der Waals surface area contributed by atoms with Gasteiger partial charge in [0.25, 0.3) is 5.91 Å². The molecule has 100 valence electrons. The Hall–Kier alpha value is -1.85. The molecule has 0 radical (unpaired) electrons. The van der Waals surface area contributed by atoms with E-state index in [-0.39, 0.29) is 12.3 Å². The number of carboxylic acid groups (broad SMARTS) is 1. The molecule has 18 heavy (non-hydrogen) atoms. The van der Waals surface area contributed by atoms with Gasteiger partial charge >= 0.3 is 5.97 Å². The molecule has 1 aromatic rings. The topological polar surface area (TPSA) is 92.4 Å². The Morgan fingerprint density at radius 3 is 2.44 bits per heavy atom. The third-order valence-corrected chi connectivity index (χ3v) is 2.68. The molecule has 6 heteroatoms. The monoisotopic (exact) mass is 254 g/mol. The molecule has 0 aromatic carbocycles. The molecule has 1 heterocycles. The number of nitrogens with one attached hydrogen (secondary N) is 1. The number of rotatable bonds is 5. The number of amides is 1. The molecule has 6 nitrogen and oxygen atoms in total. The highest BCUT2D eigenvalue weighted by molar-refractivity contribution is 5.96. The van der Waals surface area contributed by atoms with Gasteiger partial charge < -0.3 is 14.9 Å². The van der Waals surface area contributed by atoms with Gasteiger partial charge in [-0.2, -0.15) is 0 Å². The first kappa shape index (κ1) is 14.2. The van der Waals surface area contributed by atoms with E-state index in [2.05, 4.69) is 10.5 Å². The number of aliphatic carboxylic acids is 1. The van der Waals surface area contributed by atoms with Gasteiger partial charge in [-0.05, 0) is 34.1 Å². The first-order valence-corrected chi connectivity index (χ1v) is 5.70. The molecular weight excluding hydrogens is 236 g/mol. The lowest BCUT2D eigenvalue weighted by atomic mass is 9.97. The molecule has 0 saturated carbocycles. The van der Waals surface area contributed by atoms with Crippen molar-refractivity contribution >= 4 is 11.9 Å². The van der Waals surface area contributed by atoms with Gasteiger partial charge in [0.05, 0.1) is 5.69 Å². The number of hydrogen-bond acceptors (Lipinski definition) is 4. The fourth-order valence-electron chi connectivity index (χ4n) is 1.66. The molecule has 1 rings (SSSR count). The predicted octanol–water partition coefficient (Wildman–Crippen LogP) is 1.66. The summed E-state index contributed by atoms with van der Waals surface area (Å²) in [4.78, 5) is 22.6. The van der Waals surface area contributed by atoms with Gasteiger partial charge in [-0.15, -0.1) is 0 Å². The molecule has 2 N–H and O–H groups in total. The molecule has 1 amide bonds. The van der Waals surface area contributed by atoms with Crippen molar-refractivity contribution in [2.24, 2.45) is 0 Å². The van der Waals surface area contributed by atoms with Gasteiger partial charge in [-0.3, -0.25) is 9.59 Å². The molecule has 0 bridgehead atoms. The molecule has 0 fully saturated rings. The molecule has 0 spiro atoms. The van der Waals surface area contributed by atoms with Crippen molar-refractivity contribution in [1.82, 2.24) is 10.5 Å². The summed E-state index contributed by atoms with van der Waals surface area (Å²) >= 11 is 0. The fourth-order valence-corrected chi connectivity index (χ4v) is 1.66. The van der Waals surface area contributed by atoms with Crippen molar-refractivity contribution in [2.75, 3.05) is 0 Å². The first-order valence-electron chi connectivity index (χ1n) is 5.70. The Labute approximate surface area is 105 Å². The van der Waals surface area contributed by atoms with Crippen LogP contribution in [0.3, 0.4) is 0 Å². The third-order valence-electron chi connectivity index (χ3n) is 2.68. The maximum Gasteiger partial charge on any atom is 0.303 e. The van der Waals surface area contributed by atoms with Crippen molar-refractivity contribution in [3.8, 4) is 0 Å². The van der Waals surface area contributed by atoms with Gasteiger partial charge in [0.1, 0.15) is 11.3 Å². The summed E-state index contributed by atoms with van der Waals surface area (Å²) in [6.07, 6.45) is 0.367. The Morgan fingerprint density at radius 2 is 2.00 bits per heavy atom. The van der Waals surface area contributed by atoms with Gasteiger partial charge in [0.15, 0.2) is 0 Å². The number of carbonyl (C=O) groups excluding carboxylic acids is 1. The summed E-state index contributed by atoms with van der Waals surface area (Å²) in [7, 11) is 0. The summed E-state index contributed by atoms with van der Waals surface area (Å²) in [5.41, 5.74) is 0.350. The zero-order chi connectivity index (χ0) is 13.9. The Balaban J connectivity index is 2.72. The second-order valence-corrected chi connectivity index (χ2v) is 4.93. The maximum atomic E-state index is 12.0. The van der Waals surface area contributed by atoms with E-state index in [1.807, 2.05) is 0 Å². The smallest absolute Gasteiger partial charge is 0.303 e. The van der Waals surface area contributed by atoms with Gasteiger partial charge in [-0.25, -0.2) is 0 Å². The lowest BCUT2D eigenvalue weighted by Gasteiger charge is -2.25. The van der Waals surface area contributed by atoms with Crippen LogP contribution in [0.2, 0.25) is 0 Å². The minimum Gasteiger partial charge on any atom is -0.481 e. The second-order valence-electron chi connectivity index (χ2n) is 4.93. The Morgan fingerprint density at radius 1 is 1.39 bits per heavy atom. The number of carboxylic acids is 1. The second kappa shape index (κ2) is 5.20. The molecule has 0 aliphatic carbocycles. The van der Waals surface area contributed by atoms with Crippen molar-refractivity contribution < 1.29 is 19.2 Å². The highest BCUT2D eigenvalue weighted by Gasteiger charge is 2.25. The van der Waals surface area contributed by atoms with E-state index in [0.717, 1.165) is 0 Å². The zero-order valence-corrected chi connectivity index (χ0v) is 11.0. The van der Waals surface area contributed by atoms with Crippen LogP contribution < -0.4 is 5.32 Å². The van der Waals surface area contributed by atoms with Gasteiger partial charge in [-0.1, -0.05) is 5.16 Å². The van der Waals surface area contributed by atoms with E-state index in [0.29, 0.717) is 23.4 Å². The van der Waals surface area contributed by atoms with E-state index < -0.39 is 11.5 Å². The first-order chi connectivity index (χ1) is 8.23. The van der Waals surface area contributed by atoms with E-state index in [1.165, 1.54) is 0 Å². The lowest BCUT2D eigenvalue weighted by Crippen LogP contribution is -2.44. The van der Waals surface area contributed by atoms with E-state index in [4.69, 9.17) is 9.63 Å². The minimum absolute atomic E-state index is 0.00881. The standard InChI is InChI=1S/C12H18N2O4/c1-7-10(8(2)18-14-7)11(17)13-12(3,4)6-5-9(15)16/h5-6H2,1-4H3,(H,13,17)(H,15,16). The van der Waals surface area contributed by atoms with Gasteiger partial charge in [0, 0.05) is 12.0 Å². The van der Waals surface area contributed by atoms with E-state index >= 15 is 0 Å². The van der Waals surface area contributed by atoms with Crippen LogP contribution in [0.15, 0.2) is 4.52 Å². The largest absolute Gasteiger partial charge is 0.481 e. The highest BCUT2D eigenvalue weighted by atomic mass is 16.5. The van der Waals surface area contributed by atoms with Crippen LogP contribution in [-0.4, -0.2) is 27.7 Å². The van der Waals surface area contributed by atoms with Crippen molar-refractivity contribution in [3.63, 3.8) is 0 Å². The minimum atomic E-state index is -0.880. The number of carbonyl (C=O) groups is 2. The van der Waals surface area contributed by atoms with Crippen LogP contribution in [0.4, 0.5) is 0 Å². The summed E-state index contributed by atoms with van der Waals surface area (Å²) in [5, 5.41) is 15.2. The Kier molecular flexibility index (Phi) is 4.11. The van der Waals surface area contributed by atoms with E-state index in [1.54, 1.807) is 27.7 Å². The van der Waals surface area contributed by atoms with Crippen LogP contribution in [0.1, 0.15) is 48.5 Å². The Bertz CT molecular complexity index is 443. The number of nitrogens with zero attached hydrogens (tertiary/aromatic N) is 1. The summed E-state index contributed by atoms with van der Waals surface area (Å²) in [6.45, 7) is 6.92. The highest BCUT2D eigenvalue weighted by Crippen LogP contribution is 2.16. The third kappa shape index (κ3) is 3.58. The number of aryl methyl sites for hydroxylation is 2. The van der Waals surface area contributed by atoms with Crippen LogP contribution in [0.5, 0.6) is 0 Å². The summed E-state index contributed by atoms with van der Waals surface area (Å²) in [5.74, 6) is -0.713. The average molecular weight is 254 g/mol. The molecule has 0 atom stereocenters. The van der Waals surface area contributed by atoms with Crippen molar-refractivity contribution in [3.05, 3.63) is 17.0 Å². The average Bonchev–Trinajstić information content (AvgIpc) is 2.55.